The van der Waals surface area contributed by atoms with Gasteiger partial charge in [0.15, 0.2) is 0 Å². The Labute approximate surface area is 85.6 Å². The first kappa shape index (κ1) is 9.97. The van der Waals surface area contributed by atoms with Gasteiger partial charge in [0.05, 0.1) is 5.54 Å². The summed E-state index contributed by atoms with van der Waals surface area (Å²) in [4.78, 5) is 11.9. The lowest BCUT2D eigenvalue weighted by molar-refractivity contribution is -0.126. The van der Waals surface area contributed by atoms with E-state index in [1.165, 1.54) is 0 Å². The van der Waals surface area contributed by atoms with Crippen LogP contribution >= 0.6 is 0 Å². The van der Waals surface area contributed by atoms with Crippen LogP contribution in [-0.4, -0.2) is 24.0 Å². The van der Waals surface area contributed by atoms with E-state index in [4.69, 9.17) is 0 Å². The maximum atomic E-state index is 11.9. The molecule has 2 N–H and O–H groups in total. The lowest BCUT2D eigenvalue weighted by Crippen LogP contribution is -2.52. The Morgan fingerprint density at radius 3 is 2.50 bits per heavy atom. The molecule has 2 fully saturated rings. The molecule has 1 amide bonds. The van der Waals surface area contributed by atoms with Crippen molar-refractivity contribution in [2.45, 2.75) is 51.6 Å². The Morgan fingerprint density at radius 2 is 2.07 bits per heavy atom. The number of carbonyl (C=O) groups excluding carboxylic acids is 1. The van der Waals surface area contributed by atoms with Crippen LogP contribution in [0.2, 0.25) is 0 Å². The van der Waals surface area contributed by atoms with Gasteiger partial charge in [-0.25, -0.2) is 0 Å². The summed E-state index contributed by atoms with van der Waals surface area (Å²) in [6.07, 6.45) is 3.19. The quantitative estimate of drug-likeness (QED) is 0.693. The van der Waals surface area contributed by atoms with E-state index in [1.54, 1.807) is 0 Å². The Hall–Kier alpha value is -0.570. The average Bonchev–Trinajstić information content (AvgIpc) is 2.52. The number of amides is 1. The minimum Gasteiger partial charge on any atom is -0.351 e. The van der Waals surface area contributed by atoms with Gasteiger partial charge < -0.3 is 10.6 Å². The molecule has 0 radical (unpaired) electrons. The topological polar surface area (TPSA) is 41.1 Å². The smallest absolute Gasteiger partial charge is 0.240 e. The largest absolute Gasteiger partial charge is 0.351 e. The summed E-state index contributed by atoms with van der Waals surface area (Å²) >= 11 is 0. The zero-order valence-electron chi connectivity index (χ0n) is 9.31. The van der Waals surface area contributed by atoms with Gasteiger partial charge in [0, 0.05) is 6.04 Å². The molecule has 0 aromatic rings. The molecule has 1 saturated heterocycles. The molecule has 0 aromatic heterocycles. The number of hydrogen-bond donors (Lipinski definition) is 2. The van der Waals surface area contributed by atoms with Crippen LogP contribution < -0.4 is 10.6 Å². The third kappa shape index (κ3) is 1.65. The van der Waals surface area contributed by atoms with E-state index in [2.05, 4.69) is 24.5 Å². The van der Waals surface area contributed by atoms with Crippen LogP contribution in [0.3, 0.4) is 0 Å². The van der Waals surface area contributed by atoms with E-state index in [0.717, 1.165) is 25.8 Å². The summed E-state index contributed by atoms with van der Waals surface area (Å²) in [5.41, 5.74) is 0.0172. The highest BCUT2D eigenvalue weighted by atomic mass is 16.2. The van der Waals surface area contributed by atoms with Crippen LogP contribution in [0.5, 0.6) is 0 Å². The summed E-state index contributed by atoms with van der Waals surface area (Å²) in [5, 5.41) is 6.41. The van der Waals surface area contributed by atoms with Gasteiger partial charge in [-0.2, -0.15) is 0 Å². The first-order chi connectivity index (χ1) is 6.44. The minimum absolute atomic E-state index is 0.186. The maximum absolute atomic E-state index is 11.9. The van der Waals surface area contributed by atoms with E-state index in [1.807, 2.05) is 6.92 Å². The van der Waals surface area contributed by atoms with Crippen molar-refractivity contribution in [3.8, 4) is 0 Å². The molecule has 1 heterocycles. The van der Waals surface area contributed by atoms with Gasteiger partial charge in [-0.15, -0.1) is 0 Å². The predicted molar refractivity (Wildman–Crippen MR) is 56.0 cm³/mol. The number of nitrogens with one attached hydrogen (secondary N) is 2. The Balaban J connectivity index is 1.90. The van der Waals surface area contributed by atoms with Crippen molar-refractivity contribution in [2.75, 3.05) is 6.54 Å². The Kier molecular flexibility index (Phi) is 2.11. The minimum atomic E-state index is -0.307. The van der Waals surface area contributed by atoms with Crippen LogP contribution in [0.15, 0.2) is 0 Å². The normalized spacial score (nSPS) is 39.5. The van der Waals surface area contributed by atoms with E-state index in [9.17, 15) is 4.79 Å². The predicted octanol–water partition coefficient (Wildman–Crippen LogP) is 1.04. The van der Waals surface area contributed by atoms with E-state index < -0.39 is 0 Å². The lowest BCUT2D eigenvalue weighted by atomic mass is 9.99. The molecule has 2 atom stereocenters. The third-order valence-electron chi connectivity index (χ3n) is 3.69. The number of rotatable bonds is 2. The van der Waals surface area contributed by atoms with Gasteiger partial charge in [-0.1, -0.05) is 13.8 Å². The average molecular weight is 196 g/mol. The van der Waals surface area contributed by atoms with Crippen LogP contribution in [0.1, 0.15) is 40.0 Å². The maximum Gasteiger partial charge on any atom is 0.240 e. The number of carbonyl (C=O) groups is 1. The molecule has 1 aliphatic carbocycles. The molecular weight excluding hydrogens is 176 g/mol. The van der Waals surface area contributed by atoms with Gasteiger partial charge in [0.2, 0.25) is 5.91 Å². The standard InChI is InChI=1S/C11H20N2O/c1-10(2)7-8(10)13-9(14)11(3)5-4-6-12-11/h8,12H,4-7H2,1-3H3,(H,13,14). The fourth-order valence-electron chi connectivity index (χ4n) is 2.12. The second-order valence-electron chi connectivity index (χ2n) is 5.58. The van der Waals surface area contributed by atoms with Crippen molar-refractivity contribution < 1.29 is 4.79 Å². The SMILES string of the molecule is CC1(C(=O)NC2CC2(C)C)CCCN1. The van der Waals surface area contributed by atoms with Gasteiger partial charge in [0.25, 0.3) is 0 Å². The molecule has 3 nitrogen and oxygen atoms in total. The fourth-order valence-corrected chi connectivity index (χ4v) is 2.12. The molecule has 2 aliphatic rings. The van der Waals surface area contributed by atoms with Crippen molar-refractivity contribution in [2.24, 2.45) is 5.41 Å². The Morgan fingerprint density at radius 1 is 1.43 bits per heavy atom. The second-order valence-corrected chi connectivity index (χ2v) is 5.58. The van der Waals surface area contributed by atoms with Crippen LogP contribution in [0.4, 0.5) is 0 Å². The zero-order valence-corrected chi connectivity index (χ0v) is 9.31. The molecule has 3 heteroatoms. The highest BCUT2D eigenvalue weighted by Gasteiger charge is 2.48. The second kappa shape index (κ2) is 2.96. The molecule has 14 heavy (non-hydrogen) atoms. The molecule has 0 aromatic carbocycles. The Bertz CT molecular complexity index is 254. The lowest BCUT2D eigenvalue weighted by Gasteiger charge is -2.23. The third-order valence-corrected chi connectivity index (χ3v) is 3.69. The number of hydrogen-bond acceptors (Lipinski definition) is 2. The summed E-state index contributed by atoms with van der Waals surface area (Å²) in [5.74, 6) is 0.186. The first-order valence-electron chi connectivity index (χ1n) is 5.50. The summed E-state index contributed by atoms with van der Waals surface area (Å²) < 4.78 is 0. The highest BCUT2D eigenvalue weighted by Crippen LogP contribution is 2.44. The van der Waals surface area contributed by atoms with Crippen molar-refractivity contribution in [3.05, 3.63) is 0 Å². The van der Waals surface area contributed by atoms with Crippen LogP contribution in [0.25, 0.3) is 0 Å². The molecule has 1 saturated carbocycles. The monoisotopic (exact) mass is 196 g/mol. The molecule has 80 valence electrons. The van der Waals surface area contributed by atoms with Gasteiger partial charge in [-0.05, 0) is 38.1 Å². The van der Waals surface area contributed by atoms with Crippen molar-refractivity contribution in [1.82, 2.24) is 10.6 Å². The molecule has 0 bridgehead atoms. The summed E-state index contributed by atoms with van der Waals surface area (Å²) in [6.45, 7) is 7.37. The van der Waals surface area contributed by atoms with Crippen molar-refractivity contribution in [3.63, 3.8) is 0 Å². The van der Waals surface area contributed by atoms with E-state index >= 15 is 0 Å². The van der Waals surface area contributed by atoms with Gasteiger partial charge >= 0.3 is 0 Å². The molecular formula is C11H20N2O. The summed E-state index contributed by atoms with van der Waals surface area (Å²) in [6, 6.07) is 0.397. The molecule has 0 spiro atoms. The molecule has 2 rings (SSSR count). The van der Waals surface area contributed by atoms with Gasteiger partial charge in [-0.3, -0.25) is 4.79 Å². The first-order valence-corrected chi connectivity index (χ1v) is 5.50. The summed E-state index contributed by atoms with van der Waals surface area (Å²) in [7, 11) is 0. The van der Waals surface area contributed by atoms with Crippen molar-refractivity contribution in [1.29, 1.82) is 0 Å². The fraction of sp³-hybridized carbons (Fsp3) is 0.909. The van der Waals surface area contributed by atoms with Crippen LogP contribution in [0, 0.1) is 5.41 Å². The molecule has 1 aliphatic heterocycles. The highest BCUT2D eigenvalue weighted by molar-refractivity contribution is 5.86. The zero-order chi connectivity index (χ0) is 10.4. The van der Waals surface area contributed by atoms with E-state index in [-0.39, 0.29) is 11.4 Å². The van der Waals surface area contributed by atoms with Gasteiger partial charge in [0.1, 0.15) is 0 Å². The van der Waals surface area contributed by atoms with Crippen LogP contribution in [-0.2, 0) is 4.79 Å². The van der Waals surface area contributed by atoms with E-state index in [0.29, 0.717) is 11.5 Å². The van der Waals surface area contributed by atoms with Crippen molar-refractivity contribution >= 4 is 5.91 Å². The molecule has 2 unspecified atom stereocenters.